The number of nitrogens with zero attached hydrogens (tertiary/aromatic N) is 3. The number of fused-ring (bicyclic) bond motifs is 1. The van der Waals surface area contributed by atoms with Crippen LogP contribution in [0.2, 0.25) is 0 Å². The number of anilines is 1. The molecule has 0 bridgehead atoms. The monoisotopic (exact) mass is 372 g/mol. The van der Waals surface area contributed by atoms with Crippen molar-refractivity contribution in [2.45, 2.75) is 20.8 Å². The van der Waals surface area contributed by atoms with Crippen molar-refractivity contribution < 1.29 is 9.21 Å². The molecule has 0 saturated carbocycles. The lowest BCUT2D eigenvalue weighted by atomic mass is 10.1. The van der Waals surface area contributed by atoms with E-state index in [9.17, 15) is 4.79 Å². The van der Waals surface area contributed by atoms with Crippen molar-refractivity contribution in [3.8, 4) is 5.82 Å². The first kappa shape index (κ1) is 17.7. The van der Waals surface area contributed by atoms with E-state index >= 15 is 0 Å². The predicted octanol–water partition coefficient (Wildman–Crippen LogP) is 4.59. The summed E-state index contributed by atoms with van der Waals surface area (Å²) in [5.41, 5.74) is 3.92. The summed E-state index contributed by atoms with van der Waals surface area (Å²) in [4.78, 5) is 17.1. The summed E-state index contributed by atoms with van der Waals surface area (Å²) < 4.78 is 6.86. The first-order valence-corrected chi connectivity index (χ1v) is 8.98. The summed E-state index contributed by atoms with van der Waals surface area (Å²) in [6.45, 7) is 5.96. The lowest BCUT2D eigenvalue weighted by Gasteiger charge is -2.11. The van der Waals surface area contributed by atoms with Gasteiger partial charge in [-0.25, -0.2) is 4.98 Å². The third-order valence-electron chi connectivity index (χ3n) is 4.48. The van der Waals surface area contributed by atoms with Crippen molar-refractivity contribution in [2.75, 3.05) is 5.32 Å². The fraction of sp³-hybridized carbons (Fsp3) is 0.136. The standard InChI is InChI=1S/C22H20N4O2/c1-14-6-4-8-18-15(2)12-19(24-22(14)18)26-20(13-16(3)25-26)23-21(27)10-9-17-7-5-11-28-17/h4-13H,1-3H3,(H,23,27)/b10-9+. The molecule has 1 amide bonds. The van der Waals surface area contributed by atoms with Crippen LogP contribution < -0.4 is 5.32 Å². The highest BCUT2D eigenvalue weighted by atomic mass is 16.3. The highest BCUT2D eigenvalue weighted by molar-refractivity contribution is 6.01. The average molecular weight is 372 g/mol. The van der Waals surface area contributed by atoms with Gasteiger partial charge in [0.1, 0.15) is 11.6 Å². The topological polar surface area (TPSA) is 73.0 Å². The van der Waals surface area contributed by atoms with E-state index in [1.54, 1.807) is 29.2 Å². The predicted molar refractivity (Wildman–Crippen MR) is 109 cm³/mol. The van der Waals surface area contributed by atoms with Crippen molar-refractivity contribution in [3.05, 3.63) is 77.4 Å². The molecule has 0 atom stereocenters. The summed E-state index contributed by atoms with van der Waals surface area (Å²) in [5.74, 6) is 1.57. The van der Waals surface area contributed by atoms with Gasteiger partial charge in [0.05, 0.1) is 17.5 Å². The molecule has 0 aliphatic carbocycles. The van der Waals surface area contributed by atoms with Crippen LogP contribution >= 0.6 is 0 Å². The van der Waals surface area contributed by atoms with Crippen LogP contribution in [0, 0.1) is 20.8 Å². The minimum Gasteiger partial charge on any atom is -0.465 e. The Morgan fingerprint density at radius 2 is 1.96 bits per heavy atom. The number of aromatic nitrogens is 3. The summed E-state index contributed by atoms with van der Waals surface area (Å²) in [7, 11) is 0. The number of hydrogen-bond acceptors (Lipinski definition) is 4. The third kappa shape index (κ3) is 3.44. The number of hydrogen-bond donors (Lipinski definition) is 1. The van der Waals surface area contributed by atoms with Crippen molar-refractivity contribution in [2.24, 2.45) is 0 Å². The van der Waals surface area contributed by atoms with Crippen molar-refractivity contribution in [1.82, 2.24) is 14.8 Å². The fourth-order valence-electron chi connectivity index (χ4n) is 3.13. The third-order valence-corrected chi connectivity index (χ3v) is 4.48. The molecule has 0 radical (unpaired) electrons. The first-order chi connectivity index (χ1) is 13.5. The molecule has 3 aromatic heterocycles. The highest BCUT2D eigenvalue weighted by Gasteiger charge is 2.13. The highest BCUT2D eigenvalue weighted by Crippen LogP contribution is 2.24. The van der Waals surface area contributed by atoms with E-state index in [2.05, 4.69) is 16.5 Å². The van der Waals surface area contributed by atoms with Gasteiger partial charge < -0.3 is 9.73 Å². The second-order valence-electron chi connectivity index (χ2n) is 6.69. The smallest absolute Gasteiger partial charge is 0.249 e. The van der Waals surface area contributed by atoms with E-state index < -0.39 is 0 Å². The van der Waals surface area contributed by atoms with Crippen molar-refractivity contribution in [3.63, 3.8) is 0 Å². The Morgan fingerprint density at radius 3 is 2.75 bits per heavy atom. The maximum Gasteiger partial charge on any atom is 0.249 e. The van der Waals surface area contributed by atoms with Gasteiger partial charge >= 0.3 is 0 Å². The molecule has 1 N–H and O–H groups in total. The van der Waals surface area contributed by atoms with E-state index in [0.717, 1.165) is 27.7 Å². The van der Waals surface area contributed by atoms with Gasteiger partial charge in [0, 0.05) is 17.5 Å². The Morgan fingerprint density at radius 1 is 1.11 bits per heavy atom. The Balaban J connectivity index is 1.69. The molecule has 0 fully saturated rings. The van der Waals surface area contributed by atoms with Crippen LogP contribution in [-0.2, 0) is 4.79 Å². The van der Waals surface area contributed by atoms with Gasteiger partial charge in [0.2, 0.25) is 5.91 Å². The van der Waals surface area contributed by atoms with Crippen molar-refractivity contribution >= 4 is 28.7 Å². The molecule has 0 unspecified atom stereocenters. The second kappa shape index (κ2) is 7.15. The molecule has 3 heterocycles. The quantitative estimate of drug-likeness (QED) is 0.532. The van der Waals surface area contributed by atoms with Gasteiger partial charge in [-0.15, -0.1) is 0 Å². The molecule has 0 saturated heterocycles. The second-order valence-corrected chi connectivity index (χ2v) is 6.69. The number of nitrogens with one attached hydrogen (secondary N) is 1. The SMILES string of the molecule is Cc1cc(NC(=O)/C=C/c2ccco2)n(-c2cc(C)c3cccc(C)c3n2)n1. The van der Waals surface area contributed by atoms with Gasteiger partial charge in [0.15, 0.2) is 5.82 Å². The number of rotatable bonds is 4. The van der Waals surface area contributed by atoms with Crippen LogP contribution in [0.1, 0.15) is 22.6 Å². The van der Waals surface area contributed by atoms with E-state index in [-0.39, 0.29) is 5.91 Å². The normalized spacial score (nSPS) is 11.4. The zero-order chi connectivity index (χ0) is 19.7. The molecule has 6 nitrogen and oxygen atoms in total. The number of carbonyl (C=O) groups excluding carboxylic acids is 1. The summed E-state index contributed by atoms with van der Waals surface area (Å²) in [5, 5.41) is 8.50. The molecule has 28 heavy (non-hydrogen) atoms. The fourth-order valence-corrected chi connectivity index (χ4v) is 3.13. The molecule has 4 aromatic rings. The summed E-state index contributed by atoms with van der Waals surface area (Å²) in [6.07, 6.45) is 4.60. The zero-order valence-electron chi connectivity index (χ0n) is 15.9. The maximum atomic E-state index is 12.3. The average Bonchev–Trinajstić information content (AvgIpc) is 3.30. The Hall–Kier alpha value is -3.67. The number of aryl methyl sites for hydroxylation is 3. The van der Waals surface area contributed by atoms with Gasteiger partial charge in [-0.2, -0.15) is 9.78 Å². The summed E-state index contributed by atoms with van der Waals surface area (Å²) >= 11 is 0. The Bertz CT molecular complexity index is 1190. The van der Waals surface area contributed by atoms with Gasteiger partial charge in [-0.3, -0.25) is 4.79 Å². The Kier molecular flexibility index (Phi) is 4.53. The van der Waals surface area contributed by atoms with Gasteiger partial charge in [-0.1, -0.05) is 18.2 Å². The number of pyridine rings is 1. The molecule has 0 aliphatic heterocycles. The van der Waals surface area contributed by atoms with E-state index in [1.807, 2.05) is 45.0 Å². The largest absolute Gasteiger partial charge is 0.465 e. The minimum absolute atomic E-state index is 0.272. The summed E-state index contributed by atoms with van der Waals surface area (Å²) in [6, 6.07) is 13.5. The maximum absolute atomic E-state index is 12.3. The molecule has 140 valence electrons. The van der Waals surface area contributed by atoms with Crippen LogP contribution in [0.15, 0.2) is 59.2 Å². The van der Waals surface area contributed by atoms with Crippen LogP contribution in [-0.4, -0.2) is 20.7 Å². The zero-order valence-corrected chi connectivity index (χ0v) is 15.9. The van der Waals surface area contributed by atoms with Crippen LogP contribution in [0.5, 0.6) is 0 Å². The van der Waals surface area contributed by atoms with E-state index in [0.29, 0.717) is 17.4 Å². The number of furan rings is 1. The van der Waals surface area contributed by atoms with E-state index in [1.165, 1.54) is 6.08 Å². The minimum atomic E-state index is -0.272. The molecular weight excluding hydrogens is 352 g/mol. The lowest BCUT2D eigenvalue weighted by molar-refractivity contribution is -0.111. The Labute approximate surface area is 162 Å². The molecule has 0 aliphatic rings. The molecule has 1 aromatic carbocycles. The number of carbonyl (C=O) groups is 1. The molecule has 0 spiro atoms. The van der Waals surface area contributed by atoms with E-state index in [4.69, 9.17) is 9.40 Å². The van der Waals surface area contributed by atoms with Crippen LogP contribution in [0.25, 0.3) is 22.8 Å². The van der Waals surface area contributed by atoms with Crippen molar-refractivity contribution in [1.29, 1.82) is 0 Å². The lowest BCUT2D eigenvalue weighted by Crippen LogP contribution is -2.13. The first-order valence-electron chi connectivity index (χ1n) is 8.98. The number of para-hydroxylation sites is 1. The molecular formula is C22H20N4O2. The number of benzene rings is 1. The van der Waals surface area contributed by atoms with Crippen LogP contribution in [0.4, 0.5) is 5.82 Å². The molecule has 6 heteroatoms. The van der Waals surface area contributed by atoms with Gasteiger partial charge in [-0.05, 0) is 56.2 Å². The van der Waals surface area contributed by atoms with Crippen LogP contribution in [0.3, 0.4) is 0 Å². The molecule has 4 rings (SSSR count). The number of amides is 1. The van der Waals surface area contributed by atoms with Gasteiger partial charge in [0.25, 0.3) is 0 Å².